The Hall–Kier alpha value is -1.06. The summed E-state index contributed by atoms with van der Waals surface area (Å²) in [7, 11) is 0. The van der Waals surface area contributed by atoms with Crippen molar-refractivity contribution < 1.29 is 9.90 Å². The Kier molecular flexibility index (Phi) is 7.59. The van der Waals surface area contributed by atoms with E-state index >= 15 is 0 Å². The lowest BCUT2D eigenvalue weighted by Crippen LogP contribution is -2.10. The third-order valence-corrected chi connectivity index (χ3v) is 2.70. The fraction of sp³-hybridized carbons (Fsp3) is 0.462. The van der Waals surface area contributed by atoms with Gasteiger partial charge in [0.25, 0.3) is 0 Å². The summed E-state index contributed by atoms with van der Waals surface area (Å²) >= 11 is 0. The molecule has 96 valence electrons. The van der Waals surface area contributed by atoms with E-state index in [1.165, 1.54) is 12.8 Å². The highest BCUT2D eigenvalue weighted by Gasteiger charge is 2.07. The number of unbranched alkanes of at least 4 members (excludes halogenated alkanes) is 2. The second kappa shape index (κ2) is 8.09. The van der Waals surface area contributed by atoms with Crippen molar-refractivity contribution in [2.75, 3.05) is 0 Å². The van der Waals surface area contributed by atoms with Crippen LogP contribution in [0.1, 0.15) is 54.6 Å². The number of aromatic carboxylic acids is 1. The van der Waals surface area contributed by atoms with E-state index < -0.39 is 5.97 Å². The molecule has 0 saturated heterocycles. The van der Waals surface area contributed by atoms with Gasteiger partial charge in [-0.15, -0.1) is 12.4 Å². The van der Waals surface area contributed by atoms with Crippen LogP contribution in [0, 0.1) is 0 Å². The van der Waals surface area contributed by atoms with Gasteiger partial charge in [0.2, 0.25) is 0 Å². The molecule has 0 aliphatic heterocycles. The number of carboxylic acid groups (broad SMARTS) is 1. The van der Waals surface area contributed by atoms with Crippen LogP contribution in [0.2, 0.25) is 0 Å². The van der Waals surface area contributed by atoms with Crippen molar-refractivity contribution in [3.8, 4) is 0 Å². The molecule has 0 aliphatic carbocycles. The molecule has 0 radical (unpaired) electrons. The van der Waals surface area contributed by atoms with Crippen molar-refractivity contribution in [1.29, 1.82) is 0 Å². The molecule has 0 amide bonds. The second-order valence-electron chi connectivity index (χ2n) is 4.03. The fourth-order valence-corrected chi connectivity index (χ4v) is 1.65. The molecule has 1 atom stereocenters. The molecule has 0 heterocycles. The predicted molar refractivity (Wildman–Crippen MR) is 71.7 cm³/mol. The first-order chi connectivity index (χ1) is 7.65. The largest absolute Gasteiger partial charge is 0.478 e. The molecule has 0 aromatic heterocycles. The van der Waals surface area contributed by atoms with Gasteiger partial charge in [-0.2, -0.15) is 0 Å². The minimum Gasteiger partial charge on any atom is -0.478 e. The number of hydrogen-bond donors (Lipinski definition) is 2. The van der Waals surface area contributed by atoms with Gasteiger partial charge < -0.3 is 10.8 Å². The Balaban J connectivity index is 0.00000256. The molecule has 0 spiro atoms. The van der Waals surface area contributed by atoms with Gasteiger partial charge in [0.1, 0.15) is 0 Å². The molecule has 1 rings (SSSR count). The summed E-state index contributed by atoms with van der Waals surface area (Å²) in [5.74, 6) is -0.897. The Morgan fingerprint density at radius 3 is 2.35 bits per heavy atom. The van der Waals surface area contributed by atoms with Gasteiger partial charge >= 0.3 is 5.97 Å². The quantitative estimate of drug-likeness (QED) is 0.768. The first kappa shape index (κ1) is 15.9. The average molecular weight is 258 g/mol. The van der Waals surface area contributed by atoms with Crippen LogP contribution < -0.4 is 5.73 Å². The molecule has 17 heavy (non-hydrogen) atoms. The van der Waals surface area contributed by atoms with Crippen LogP contribution in [-0.2, 0) is 0 Å². The minimum absolute atomic E-state index is 0. The van der Waals surface area contributed by atoms with Crippen LogP contribution in [0.5, 0.6) is 0 Å². The number of carbonyl (C=O) groups is 1. The standard InChI is InChI=1S/C13H19NO2.ClH/c1-2-3-4-5-12(14)10-6-8-11(9-7-10)13(15)16;/h6-9,12H,2-5,14H2,1H3,(H,15,16);1H/t12-;/m0./s1. The van der Waals surface area contributed by atoms with Crippen LogP contribution in [0.3, 0.4) is 0 Å². The normalized spacial score (nSPS) is 11.6. The van der Waals surface area contributed by atoms with Gasteiger partial charge in [0.15, 0.2) is 0 Å². The number of carboxylic acids is 1. The molecule has 0 saturated carbocycles. The first-order valence-electron chi connectivity index (χ1n) is 5.74. The number of benzene rings is 1. The number of halogens is 1. The maximum absolute atomic E-state index is 10.7. The molecule has 1 aromatic carbocycles. The maximum atomic E-state index is 10.7. The van der Waals surface area contributed by atoms with Crippen molar-refractivity contribution >= 4 is 18.4 Å². The average Bonchev–Trinajstić information content (AvgIpc) is 2.29. The first-order valence-corrected chi connectivity index (χ1v) is 5.74. The second-order valence-corrected chi connectivity index (χ2v) is 4.03. The summed E-state index contributed by atoms with van der Waals surface area (Å²) in [5.41, 5.74) is 7.34. The number of nitrogens with two attached hydrogens (primary N) is 1. The van der Waals surface area contributed by atoms with E-state index in [2.05, 4.69) is 6.92 Å². The molecule has 0 aliphatic rings. The molecule has 0 bridgehead atoms. The lowest BCUT2D eigenvalue weighted by molar-refractivity contribution is 0.0697. The van der Waals surface area contributed by atoms with E-state index in [0.29, 0.717) is 5.56 Å². The van der Waals surface area contributed by atoms with Gasteiger partial charge in [-0.25, -0.2) is 4.79 Å². The van der Waals surface area contributed by atoms with Crippen LogP contribution in [0.15, 0.2) is 24.3 Å². The monoisotopic (exact) mass is 257 g/mol. The SMILES string of the molecule is CCCCC[C@H](N)c1ccc(C(=O)O)cc1.Cl. The molecular formula is C13H20ClNO2. The highest BCUT2D eigenvalue weighted by Crippen LogP contribution is 2.17. The third kappa shape index (κ3) is 5.20. The summed E-state index contributed by atoms with van der Waals surface area (Å²) in [6, 6.07) is 6.85. The van der Waals surface area contributed by atoms with Gasteiger partial charge in [-0.05, 0) is 24.1 Å². The van der Waals surface area contributed by atoms with Crippen molar-refractivity contribution in [2.45, 2.75) is 38.6 Å². The minimum atomic E-state index is -0.897. The Labute approximate surface area is 108 Å². The number of hydrogen-bond acceptors (Lipinski definition) is 2. The zero-order valence-electron chi connectivity index (χ0n) is 10.1. The topological polar surface area (TPSA) is 63.3 Å². The van der Waals surface area contributed by atoms with Gasteiger partial charge in [0.05, 0.1) is 5.56 Å². The van der Waals surface area contributed by atoms with E-state index in [1.807, 2.05) is 0 Å². The third-order valence-electron chi connectivity index (χ3n) is 2.70. The highest BCUT2D eigenvalue weighted by molar-refractivity contribution is 5.87. The Bertz CT molecular complexity index is 338. The van der Waals surface area contributed by atoms with Gasteiger partial charge in [-0.1, -0.05) is 38.3 Å². The van der Waals surface area contributed by atoms with Crippen LogP contribution in [0.4, 0.5) is 0 Å². The summed E-state index contributed by atoms with van der Waals surface area (Å²) in [4.78, 5) is 10.7. The van der Waals surface area contributed by atoms with Gasteiger partial charge in [0, 0.05) is 6.04 Å². The Morgan fingerprint density at radius 2 is 1.88 bits per heavy atom. The maximum Gasteiger partial charge on any atom is 0.335 e. The van der Waals surface area contributed by atoms with E-state index in [4.69, 9.17) is 10.8 Å². The van der Waals surface area contributed by atoms with Crippen LogP contribution in [0.25, 0.3) is 0 Å². The van der Waals surface area contributed by atoms with E-state index in [9.17, 15) is 4.79 Å². The zero-order chi connectivity index (χ0) is 12.0. The van der Waals surface area contributed by atoms with E-state index in [1.54, 1.807) is 24.3 Å². The molecule has 3 nitrogen and oxygen atoms in total. The van der Waals surface area contributed by atoms with Gasteiger partial charge in [-0.3, -0.25) is 0 Å². The lowest BCUT2D eigenvalue weighted by atomic mass is 10.0. The summed E-state index contributed by atoms with van der Waals surface area (Å²) in [6.45, 7) is 2.16. The van der Waals surface area contributed by atoms with Crippen molar-refractivity contribution in [3.05, 3.63) is 35.4 Å². The fourth-order valence-electron chi connectivity index (χ4n) is 1.65. The molecule has 4 heteroatoms. The molecule has 0 unspecified atom stereocenters. The molecule has 1 aromatic rings. The number of rotatable bonds is 6. The van der Waals surface area contributed by atoms with Crippen molar-refractivity contribution in [2.24, 2.45) is 5.73 Å². The lowest BCUT2D eigenvalue weighted by Gasteiger charge is -2.11. The van der Waals surface area contributed by atoms with E-state index in [-0.39, 0.29) is 18.4 Å². The summed E-state index contributed by atoms with van der Waals surface area (Å²) in [5, 5.41) is 8.76. The molecule has 3 N–H and O–H groups in total. The molecular weight excluding hydrogens is 238 g/mol. The van der Waals surface area contributed by atoms with Crippen LogP contribution >= 0.6 is 12.4 Å². The summed E-state index contributed by atoms with van der Waals surface area (Å²) < 4.78 is 0. The Morgan fingerprint density at radius 1 is 1.29 bits per heavy atom. The summed E-state index contributed by atoms with van der Waals surface area (Å²) in [6.07, 6.45) is 4.46. The highest BCUT2D eigenvalue weighted by atomic mass is 35.5. The smallest absolute Gasteiger partial charge is 0.335 e. The van der Waals surface area contributed by atoms with Crippen molar-refractivity contribution in [1.82, 2.24) is 0 Å². The van der Waals surface area contributed by atoms with Crippen molar-refractivity contribution in [3.63, 3.8) is 0 Å². The van der Waals surface area contributed by atoms with Crippen LogP contribution in [-0.4, -0.2) is 11.1 Å². The molecule has 0 fully saturated rings. The predicted octanol–water partition coefficient (Wildman–Crippen LogP) is 3.39. The van der Waals surface area contributed by atoms with E-state index in [0.717, 1.165) is 18.4 Å². The zero-order valence-corrected chi connectivity index (χ0v) is 10.9.